The molecule has 0 fully saturated rings. The average molecular weight is 251 g/mol. The third-order valence-electron chi connectivity index (χ3n) is 3.36. The second-order valence-corrected chi connectivity index (χ2v) is 5.58. The highest BCUT2D eigenvalue weighted by Gasteiger charge is 2.16. The van der Waals surface area contributed by atoms with Crippen LogP contribution in [0.4, 0.5) is 4.39 Å². The van der Waals surface area contributed by atoms with Gasteiger partial charge in [-0.1, -0.05) is 46.2 Å². The summed E-state index contributed by atoms with van der Waals surface area (Å²) in [5.74, 6) is 1.03. The summed E-state index contributed by atoms with van der Waals surface area (Å²) in [6, 6.07) is 7.17. The van der Waals surface area contributed by atoms with Crippen molar-refractivity contribution < 1.29 is 4.39 Å². The zero-order valence-corrected chi connectivity index (χ0v) is 12.0. The SMILES string of the molecule is CCCC(C)CNC(c1ccc(F)cc1)C(C)C. The zero-order chi connectivity index (χ0) is 13.5. The van der Waals surface area contributed by atoms with Crippen molar-refractivity contribution >= 4 is 0 Å². The number of halogens is 1. The van der Waals surface area contributed by atoms with Gasteiger partial charge in [0.25, 0.3) is 0 Å². The molecule has 0 saturated carbocycles. The summed E-state index contributed by atoms with van der Waals surface area (Å²) in [7, 11) is 0. The lowest BCUT2D eigenvalue weighted by atomic mass is 9.95. The van der Waals surface area contributed by atoms with Crippen molar-refractivity contribution in [2.24, 2.45) is 11.8 Å². The number of hydrogen-bond donors (Lipinski definition) is 1. The summed E-state index contributed by atoms with van der Waals surface area (Å²) in [4.78, 5) is 0. The van der Waals surface area contributed by atoms with Crippen LogP contribution in [0.2, 0.25) is 0 Å². The molecule has 0 amide bonds. The van der Waals surface area contributed by atoms with Crippen LogP contribution in [0.15, 0.2) is 24.3 Å². The molecule has 0 aliphatic rings. The maximum atomic E-state index is 12.9. The molecule has 18 heavy (non-hydrogen) atoms. The molecule has 1 aromatic rings. The summed E-state index contributed by atoms with van der Waals surface area (Å²) < 4.78 is 12.9. The summed E-state index contributed by atoms with van der Waals surface area (Å²) >= 11 is 0. The van der Waals surface area contributed by atoms with Crippen molar-refractivity contribution in [2.75, 3.05) is 6.54 Å². The van der Waals surface area contributed by atoms with E-state index in [1.807, 2.05) is 12.1 Å². The van der Waals surface area contributed by atoms with Crippen LogP contribution >= 0.6 is 0 Å². The van der Waals surface area contributed by atoms with Gasteiger partial charge in [0, 0.05) is 6.04 Å². The number of nitrogens with one attached hydrogen (secondary N) is 1. The lowest BCUT2D eigenvalue weighted by Crippen LogP contribution is -2.29. The molecule has 0 spiro atoms. The van der Waals surface area contributed by atoms with Gasteiger partial charge in [0.15, 0.2) is 0 Å². The summed E-state index contributed by atoms with van der Waals surface area (Å²) in [5.41, 5.74) is 1.18. The topological polar surface area (TPSA) is 12.0 Å². The summed E-state index contributed by atoms with van der Waals surface area (Å²) in [5, 5.41) is 3.62. The largest absolute Gasteiger partial charge is 0.309 e. The van der Waals surface area contributed by atoms with Crippen LogP contribution in [0, 0.1) is 17.7 Å². The van der Waals surface area contributed by atoms with E-state index in [4.69, 9.17) is 0 Å². The van der Waals surface area contributed by atoms with Crippen molar-refractivity contribution in [3.05, 3.63) is 35.6 Å². The normalized spacial score (nSPS) is 14.8. The Kier molecular flexibility index (Phi) is 6.34. The van der Waals surface area contributed by atoms with E-state index in [0.29, 0.717) is 17.9 Å². The zero-order valence-electron chi connectivity index (χ0n) is 12.0. The maximum Gasteiger partial charge on any atom is 0.123 e. The first-order valence-electron chi connectivity index (χ1n) is 7.03. The molecule has 2 atom stereocenters. The fourth-order valence-corrected chi connectivity index (χ4v) is 2.33. The summed E-state index contributed by atoms with van der Waals surface area (Å²) in [6.45, 7) is 9.92. The third-order valence-corrected chi connectivity index (χ3v) is 3.36. The van der Waals surface area contributed by atoms with Gasteiger partial charge >= 0.3 is 0 Å². The van der Waals surface area contributed by atoms with E-state index in [1.165, 1.54) is 18.4 Å². The van der Waals surface area contributed by atoms with E-state index < -0.39 is 0 Å². The van der Waals surface area contributed by atoms with E-state index in [0.717, 1.165) is 6.54 Å². The molecule has 1 aromatic carbocycles. The Hall–Kier alpha value is -0.890. The molecule has 0 saturated heterocycles. The molecule has 0 aliphatic heterocycles. The van der Waals surface area contributed by atoms with E-state index in [2.05, 4.69) is 33.0 Å². The van der Waals surface area contributed by atoms with Crippen molar-refractivity contribution in [1.82, 2.24) is 5.32 Å². The monoisotopic (exact) mass is 251 g/mol. The lowest BCUT2D eigenvalue weighted by Gasteiger charge is -2.25. The average Bonchev–Trinajstić information content (AvgIpc) is 2.31. The highest BCUT2D eigenvalue weighted by Crippen LogP contribution is 2.22. The maximum absolute atomic E-state index is 12.9. The lowest BCUT2D eigenvalue weighted by molar-refractivity contribution is 0.369. The second kappa shape index (κ2) is 7.52. The summed E-state index contributed by atoms with van der Waals surface area (Å²) in [6.07, 6.45) is 2.48. The fraction of sp³-hybridized carbons (Fsp3) is 0.625. The van der Waals surface area contributed by atoms with Crippen LogP contribution < -0.4 is 5.32 Å². The fourth-order valence-electron chi connectivity index (χ4n) is 2.33. The van der Waals surface area contributed by atoms with Crippen LogP contribution in [-0.4, -0.2) is 6.54 Å². The molecule has 1 nitrogen and oxygen atoms in total. The molecule has 0 heterocycles. The van der Waals surface area contributed by atoms with Gasteiger partial charge in [-0.15, -0.1) is 0 Å². The van der Waals surface area contributed by atoms with Crippen molar-refractivity contribution in [3.63, 3.8) is 0 Å². The van der Waals surface area contributed by atoms with E-state index in [1.54, 1.807) is 12.1 Å². The first-order chi connectivity index (χ1) is 8.54. The van der Waals surface area contributed by atoms with Crippen LogP contribution in [0.25, 0.3) is 0 Å². The molecule has 0 aliphatic carbocycles. The first kappa shape index (κ1) is 15.2. The van der Waals surface area contributed by atoms with Crippen LogP contribution in [0.1, 0.15) is 52.1 Å². The standard InChI is InChI=1S/C16H26FN/c1-5-6-13(4)11-18-16(12(2)3)14-7-9-15(17)10-8-14/h7-10,12-13,16,18H,5-6,11H2,1-4H3. The van der Waals surface area contributed by atoms with Gasteiger partial charge in [-0.25, -0.2) is 4.39 Å². The molecule has 0 bridgehead atoms. The molecule has 2 unspecified atom stereocenters. The number of rotatable bonds is 7. The van der Waals surface area contributed by atoms with Crippen molar-refractivity contribution in [2.45, 2.75) is 46.6 Å². The smallest absolute Gasteiger partial charge is 0.123 e. The minimum absolute atomic E-state index is 0.166. The number of hydrogen-bond acceptors (Lipinski definition) is 1. The first-order valence-corrected chi connectivity index (χ1v) is 7.03. The van der Waals surface area contributed by atoms with Gasteiger partial charge in [-0.3, -0.25) is 0 Å². The van der Waals surface area contributed by atoms with Crippen molar-refractivity contribution in [1.29, 1.82) is 0 Å². The molecular weight excluding hydrogens is 225 g/mol. The molecular formula is C16H26FN. The van der Waals surface area contributed by atoms with E-state index in [9.17, 15) is 4.39 Å². The van der Waals surface area contributed by atoms with Gasteiger partial charge < -0.3 is 5.32 Å². The molecule has 1 N–H and O–H groups in total. The highest BCUT2D eigenvalue weighted by atomic mass is 19.1. The van der Waals surface area contributed by atoms with E-state index in [-0.39, 0.29) is 5.82 Å². The van der Waals surface area contributed by atoms with Gasteiger partial charge in [0.1, 0.15) is 5.82 Å². The van der Waals surface area contributed by atoms with Gasteiger partial charge in [-0.2, -0.15) is 0 Å². The quantitative estimate of drug-likeness (QED) is 0.749. The predicted octanol–water partition coefficient (Wildman–Crippen LogP) is 4.55. The predicted molar refractivity (Wildman–Crippen MR) is 76.1 cm³/mol. The second-order valence-electron chi connectivity index (χ2n) is 5.58. The van der Waals surface area contributed by atoms with Crippen molar-refractivity contribution in [3.8, 4) is 0 Å². The molecule has 102 valence electrons. The Morgan fingerprint density at radius 1 is 1.11 bits per heavy atom. The minimum Gasteiger partial charge on any atom is -0.309 e. The van der Waals surface area contributed by atoms with Crippen LogP contribution in [0.3, 0.4) is 0 Å². The van der Waals surface area contributed by atoms with Crippen LogP contribution in [0.5, 0.6) is 0 Å². The third kappa shape index (κ3) is 4.77. The number of benzene rings is 1. The van der Waals surface area contributed by atoms with Crippen LogP contribution in [-0.2, 0) is 0 Å². The molecule has 0 aromatic heterocycles. The Balaban J connectivity index is 2.63. The van der Waals surface area contributed by atoms with E-state index >= 15 is 0 Å². The molecule has 0 radical (unpaired) electrons. The van der Waals surface area contributed by atoms with Gasteiger partial charge in [0.2, 0.25) is 0 Å². The Bertz CT molecular complexity index is 331. The minimum atomic E-state index is -0.166. The van der Waals surface area contributed by atoms with Gasteiger partial charge in [-0.05, 0) is 42.5 Å². The Morgan fingerprint density at radius 3 is 2.22 bits per heavy atom. The molecule has 2 heteroatoms. The highest BCUT2D eigenvalue weighted by molar-refractivity contribution is 5.20. The van der Waals surface area contributed by atoms with Gasteiger partial charge in [0.05, 0.1) is 0 Å². The Morgan fingerprint density at radius 2 is 1.72 bits per heavy atom. The molecule has 1 rings (SSSR count). The Labute approximate surface area is 111 Å².